The molecule has 5 nitrogen and oxygen atoms in total. The van der Waals surface area contributed by atoms with Crippen molar-refractivity contribution in [3.8, 4) is 5.75 Å². The minimum atomic E-state index is -0.771. The molecule has 1 unspecified atom stereocenters. The SMILES string of the molecule is COc1ccc(C2=CNC(=O)C(c3ccco3)O2)cc1. The molecule has 0 spiro atoms. The lowest BCUT2D eigenvalue weighted by atomic mass is 10.1. The summed E-state index contributed by atoms with van der Waals surface area (Å²) in [6.07, 6.45) is 2.29. The van der Waals surface area contributed by atoms with Crippen molar-refractivity contribution in [2.45, 2.75) is 6.10 Å². The molecule has 2 aromatic rings. The van der Waals surface area contributed by atoms with Crippen LogP contribution in [-0.2, 0) is 9.53 Å². The monoisotopic (exact) mass is 271 g/mol. The predicted molar refractivity (Wildman–Crippen MR) is 71.6 cm³/mol. The van der Waals surface area contributed by atoms with Gasteiger partial charge in [0, 0.05) is 11.8 Å². The van der Waals surface area contributed by atoms with Crippen LogP contribution in [0.5, 0.6) is 5.75 Å². The summed E-state index contributed by atoms with van der Waals surface area (Å²) in [6.45, 7) is 0. The van der Waals surface area contributed by atoms with Crippen LogP contribution in [-0.4, -0.2) is 13.0 Å². The molecule has 0 fully saturated rings. The van der Waals surface area contributed by atoms with Gasteiger partial charge in [-0.25, -0.2) is 0 Å². The second kappa shape index (κ2) is 5.13. The Morgan fingerprint density at radius 1 is 1.20 bits per heavy atom. The van der Waals surface area contributed by atoms with Gasteiger partial charge in [-0.2, -0.15) is 0 Å². The average molecular weight is 271 g/mol. The lowest BCUT2D eigenvalue weighted by molar-refractivity contribution is -0.130. The molecule has 0 radical (unpaired) electrons. The molecule has 1 amide bonds. The minimum absolute atomic E-state index is 0.253. The number of ether oxygens (including phenoxy) is 2. The van der Waals surface area contributed by atoms with Crippen LogP contribution in [0.25, 0.3) is 5.76 Å². The first-order valence-electron chi connectivity index (χ1n) is 6.13. The molecular weight excluding hydrogens is 258 g/mol. The fraction of sp³-hybridized carbons (Fsp3) is 0.133. The number of furan rings is 1. The van der Waals surface area contributed by atoms with E-state index in [1.54, 1.807) is 25.4 Å². The smallest absolute Gasteiger partial charge is 0.273 e. The zero-order valence-electron chi connectivity index (χ0n) is 10.8. The lowest BCUT2D eigenvalue weighted by Crippen LogP contribution is -2.31. The van der Waals surface area contributed by atoms with Gasteiger partial charge in [-0.15, -0.1) is 0 Å². The number of rotatable bonds is 3. The summed E-state index contributed by atoms with van der Waals surface area (Å²) in [7, 11) is 1.61. The highest BCUT2D eigenvalue weighted by molar-refractivity contribution is 5.86. The molecule has 0 saturated heterocycles. The van der Waals surface area contributed by atoms with Gasteiger partial charge in [0.15, 0.2) is 5.76 Å². The summed E-state index contributed by atoms with van der Waals surface area (Å²) in [4.78, 5) is 11.8. The summed E-state index contributed by atoms with van der Waals surface area (Å²) in [5.74, 6) is 1.56. The van der Waals surface area contributed by atoms with Crippen LogP contribution in [0.1, 0.15) is 17.4 Å². The maximum Gasteiger partial charge on any atom is 0.273 e. The number of hydrogen-bond acceptors (Lipinski definition) is 4. The average Bonchev–Trinajstić information content (AvgIpc) is 3.02. The number of benzene rings is 1. The molecule has 1 aromatic carbocycles. The molecular formula is C15H13NO4. The van der Waals surface area contributed by atoms with Gasteiger partial charge in [-0.3, -0.25) is 4.79 Å². The van der Waals surface area contributed by atoms with Crippen LogP contribution in [0.4, 0.5) is 0 Å². The van der Waals surface area contributed by atoms with Crippen molar-refractivity contribution in [2.24, 2.45) is 0 Å². The predicted octanol–water partition coefficient (Wildman–Crippen LogP) is 2.47. The van der Waals surface area contributed by atoms with Gasteiger partial charge >= 0.3 is 0 Å². The Kier molecular flexibility index (Phi) is 3.16. The van der Waals surface area contributed by atoms with Gasteiger partial charge in [-0.05, 0) is 36.4 Å². The number of carbonyl (C=O) groups is 1. The van der Waals surface area contributed by atoms with Crippen molar-refractivity contribution in [3.63, 3.8) is 0 Å². The molecule has 0 aliphatic carbocycles. The molecule has 1 aliphatic heterocycles. The Hall–Kier alpha value is -2.69. The summed E-state index contributed by atoms with van der Waals surface area (Å²) in [6, 6.07) is 10.8. The van der Waals surface area contributed by atoms with Crippen LogP contribution in [0.3, 0.4) is 0 Å². The van der Waals surface area contributed by atoms with Crippen molar-refractivity contribution >= 4 is 11.7 Å². The number of methoxy groups -OCH3 is 1. The first-order valence-corrected chi connectivity index (χ1v) is 6.13. The van der Waals surface area contributed by atoms with Crippen LogP contribution in [0, 0.1) is 0 Å². The van der Waals surface area contributed by atoms with E-state index >= 15 is 0 Å². The number of hydrogen-bond donors (Lipinski definition) is 1. The fourth-order valence-corrected chi connectivity index (χ4v) is 1.96. The lowest BCUT2D eigenvalue weighted by Gasteiger charge is -2.22. The topological polar surface area (TPSA) is 60.7 Å². The Morgan fingerprint density at radius 3 is 2.65 bits per heavy atom. The molecule has 20 heavy (non-hydrogen) atoms. The van der Waals surface area contributed by atoms with Crippen molar-refractivity contribution in [3.05, 3.63) is 60.2 Å². The van der Waals surface area contributed by atoms with Gasteiger partial charge in [0.05, 0.1) is 13.4 Å². The Balaban J connectivity index is 1.85. The van der Waals surface area contributed by atoms with Gasteiger partial charge < -0.3 is 19.2 Å². The van der Waals surface area contributed by atoms with E-state index in [2.05, 4.69) is 5.32 Å². The van der Waals surface area contributed by atoms with E-state index in [1.807, 2.05) is 24.3 Å². The van der Waals surface area contributed by atoms with Crippen molar-refractivity contribution in [1.82, 2.24) is 5.32 Å². The summed E-state index contributed by atoms with van der Waals surface area (Å²) in [5.41, 5.74) is 0.849. The molecule has 102 valence electrons. The van der Waals surface area contributed by atoms with Crippen molar-refractivity contribution in [1.29, 1.82) is 0 Å². The van der Waals surface area contributed by atoms with Crippen molar-refractivity contribution < 1.29 is 18.7 Å². The van der Waals surface area contributed by atoms with E-state index in [-0.39, 0.29) is 5.91 Å². The maximum absolute atomic E-state index is 11.8. The highest BCUT2D eigenvalue weighted by Gasteiger charge is 2.29. The maximum atomic E-state index is 11.8. The third-order valence-electron chi connectivity index (χ3n) is 3.00. The van der Waals surface area contributed by atoms with Crippen LogP contribution < -0.4 is 10.1 Å². The van der Waals surface area contributed by atoms with E-state index in [1.165, 1.54) is 6.26 Å². The normalized spacial score (nSPS) is 17.9. The Bertz CT molecular complexity index is 628. The van der Waals surface area contributed by atoms with Crippen LogP contribution in [0.2, 0.25) is 0 Å². The summed E-state index contributed by atoms with van der Waals surface area (Å²) >= 11 is 0. The Labute approximate surface area is 115 Å². The minimum Gasteiger partial charge on any atom is -0.497 e. The third kappa shape index (κ3) is 2.25. The number of carbonyl (C=O) groups excluding carboxylic acids is 1. The molecule has 0 saturated carbocycles. The zero-order valence-corrected chi connectivity index (χ0v) is 10.8. The van der Waals surface area contributed by atoms with Crippen molar-refractivity contribution in [2.75, 3.05) is 7.11 Å². The van der Waals surface area contributed by atoms with Gasteiger partial charge in [0.25, 0.3) is 5.91 Å². The first kappa shape index (κ1) is 12.3. The molecule has 1 aliphatic rings. The molecule has 0 bridgehead atoms. The highest BCUT2D eigenvalue weighted by Crippen LogP contribution is 2.29. The third-order valence-corrected chi connectivity index (χ3v) is 3.00. The summed E-state index contributed by atoms with van der Waals surface area (Å²) < 4.78 is 16.1. The zero-order chi connectivity index (χ0) is 13.9. The molecule has 3 rings (SSSR count). The molecule has 1 N–H and O–H groups in total. The van der Waals surface area contributed by atoms with Crippen LogP contribution in [0.15, 0.2) is 53.3 Å². The second-order valence-corrected chi connectivity index (χ2v) is 4.26. The highest BCUT2D eigenvalue weighted by atomic mass is 16.5. The molecule has 1 atom stereocenters. The van der Waals surface area contributed by atoms with E-state index in [0.717, 1.165) is 11.3 Å². The van der Waals surface area contributed by atoms with E-state index in [4.69, 9.17) is 13.9 Å². The van der Waals surface area contributed by atoms with Crippen LogP contribution >= 0.6 is 0 Å². The number of amides is 1. The van der Waals surface area contributed by atoms with Gasteiger partial charge in [0.2, 0.25) is 6.10 Å². The van der Waals surface area contributed by atoms with E-state index in [0.29, 0.717) is 11.5 Å². The van der Waals surface area contributed by atoms with Gasteiger partial charge in [0.1, 0.15) is 11.5 Å². The molecule has 2 heterocycles. The summed E-state index contributed by atoms with van der Waals surface area (Å²) in [5, 5.41) is 2.68. The largest absolute Gasteiger partial charge is 0.497 e. The fourth-order valence-electron chi connectivity index (χ4n) is 1.96. The number of nitrogens with one attached hydrogen (secondary N) is 1. The molecule has 5 heteroatoms. The first-order chi connectivity index (χ1) is 9.78. The Morgan fingerprint density at radius 2 is 2.00 bits per heavy atom. The molecule has 1 aromatic heterocycles. The van der Waals surface area contributed by atoms with E-state index < -0.39 is 6.10 Å². The second-order valence-electron chi connectivity index (χ2n) is 4.26. The quantitative estimate of drug-likeness (QED) is 0.931. The van der Waals surface area contributed by atoms with Gasteiger partial charge in [-0.1, -0.05) is 0 Å². The van der Waals surface area contributed by atoms with E-state index in [9.17, 15) is 4.79 Å². The standard InChI is InChI=1S/C15H13NO4/c1-18-11-6-4-10(5-7-11)13-9-16-15(17)14(20-13)12-3-2-8-19-12/h2-9,14H,1H3,(H,16,17).